The maximum Gasteiger partial charge on any atom is 0.165 e. The zero-order chi connectivity index (χ0) is 15.0. The summed E-state index contributed by atoms with van der Waals surface area (Å²) in [5.74, 6) is 1.89. The van der Waals surface area contributed by atoms with Gasteiger partial charge in [-0.3, -0.25) is 0 Å². The van der Waals surface area contributed by atoms with Crippen molar-refractivity contribution < 1.29 is 14.2 Å². The number of rotatable bonds is 9. The Morgan fingerprint density at radius 1 is 1.20 bits per heavy atom. The molecule has 0 heterocycles. The SMILES string of the molecule is COc1cc(Cl)cc(CN)c1OCCOCCC(C)C. The lowest BCUT2D eigenvalue weighted by Gasteiger charge is -2.15. The van der Waals surface area contributed by atoms with Crippen LogP contribution in [0.15, 0.2) is 12.1 Å². The molecule has 5 heteroatoms. The van der Waals surface area contributed by atoms with Crippen molar-refractivity contribution in [2.24, 2.45) is 11.7 Å². The minimum atomic E-state index is 0.348. The Kier molecular flexibility index (Phi) is 7.73. The fraction of sp³-hybridized carbons (Fsp3) is 0.600. The third kappa shape index (κ3) is 5.57. The van der Waals surface area contributed by atoms with Gasteiger partial charge in [-0.2, -0.15) is 0 Å². The number of benzene rings is 1. The fourth-order valence-corrected chi connectivity index (χ4v) is 1.94. The molecular formula is C15H24ClNO3. The quantitative estimate of drug-likeness (QED) is 0.711. The van der Waals surface area contributed by atoms with Crippen LogP contribution in [-0.2, 0) is 11.3 Å². The first-order chi connectivity index (χ1) is 9.58. The highest BCUT2D eigenvalue weighted by Gasteiger charge is 2.11. The summed E-state index contributed by atoms with van der Waals surface area (Å²) in [6, 6.07) is 3.51. The van der Waals surface area contributed by atoms with Gasteiger partial charge < -0.3 is 19.9 Å². The van der Waals surface area contributed by atoms with Crippen LogP contribution in [0.5, 0.6) is 11.5 Å². The Balaban J connectivity index is 2.50. The van der Waals surface area contributed by atoms with Gasteiger partial charge >= 0.3 is 0 Å². The summed E-state index contributed by atoms with van der Waals surface area (Å²) < 4.78 is 16.5. The molecule has 2 N–H and O–H groups in total. The topological polar surface area (TPSA) is 53.7 Å². The van der Waals surface area contributed by atoms with Gasteiger partial charge in [0.05, 0.1) is 13.7 Å². The summed E-state index contributed by atoms with van der Waals surface area (Å²) >= 11 is 6.00. The first-order valence-corrected chi connectivity index (χ1v) is 7.23. The van der Waals surface area contributed by atoms with E-state index in [4.69, 9.17) is 31.5 Å². The molecule has 0 bridgehead atoms. The smallest absolute Gasteiger partial charge is 0.165 e. The fourth-order valence-electron chi connectivity index (χ4n) is 1.71. The molecule has 0 aromatic heterocycles. The van der Waals surface area contributed by atoms with Crippen molar-refractivity contribution in [2.75, 3.05) is 26.9 Å². The third-order valence-corrected chi connectivity index (χ3v) is 3.07. The molecule has 0 aliphatic rings. The van der Waals surface area contributed by atoms with Crippen LogP contribution in [0.1, 0.15) is 25.8 Å². The molecule has 0 spiro atoms. The monoisotopic (exact) mass is 301 g/mol. The minimum absolute atomic E-state index is 0.348. The van der Waals surface area contributed by atoms with Crippen molar-refractivity contribution in [1.29, 1.82) is 0 Å². The molecule has 1 rings (SSSR count). The molecule has 4 nitrogen and oxygen atoms in total. The Morgan fingerprint density at radius 2 is 1.95 bits per heavy atom. The van der Waals surface area contributed by atoms with Gasteiger partial charge in [0.2, 0.25) is 0 Å². The van der Waals surface area contributed by atoms with E-state index >= 15 is 0 Å². The molecule has 0 aliphatic heterocycles. The zero-order valence-electron chi connectivity index (χ0n) is 12.4. The number of hydrogen-bond acceptors (Lipinski definition) is 4. The molecule has 0 atom stereocenters. The summed E-state index contributed by atoms with van der Waals surface area (Å²) in [5.41, 5.74) is 6.53. The van der Waals surface area contributed by atoms with Crippen molar-refractivity contribution in [3.63, 3.8) is 0 Å². The van der Waals surface area contributed by atoms with Gasteiger partial charge in [0.25, 0.3) is 0 Å². The highest BCUT2D eigenvalue weighted by molar-refractivity contribution is 6.30. The minimum Gasteiger partial charge on any atom is -0.493 e. The second-order valence-corrected chi connectivity index (χ2v) is 5.38. The predicted octanol–water partition coefficient (Wildman–Crippen LogP) is 3.25. The van der Waals surface area contributed by atoms with Gasteiger partial charge in [-0.1, -0.05) is 25.4 Å². The molecule has 0 amide bonds. The van der Waals surface area contributed by atoms with Gasteiger partial charge in [0, 0.05) is 29.8 Å². The normalized spacial score (nSPS) is 10.9. The van der Waals surface area contributed by atoms with Crippen LogP contribution in [0.2, 0.25) is 5.02 Å². The summed E-state index contributed by atoms with van der Waals surface area (Å²) in [6.45, 7) is 6.45. The van der Waals surface area contributed by atoms with E-state index in [1.54, 1.807) is 19.2 Å². The Bertz CT molecular complexity index is 385. The molecule has 114 valence electrons. The molecule has 0 saturated carbocycles. The molecule has 0 unspecified atom stereocenters. The average molecular weight is 302 g/mol. The van der Waals surface area contributed by atoms with Crippen LogP contribution in [0.3, 0.4) is 0 Å². The Labute approximate surface area is 126 Å². The maximum atomic E-state index is 6.00. The van der Waals surface area contributed by atoms with Crippen molar-refractivity contribution in [3.8, 4) is 11.5 Å². The van der Waals surface area contributed by atoms with Crippen molar-refractivity contribution in [3.05, 3.63) is 22.7 Å². The van der Waals surface area contributed by atoms with E-state index in [-0.39, 0.29) is 0 Å². The molecule has 0 radical (unpaired) electrons. The van der Waals surface area contributed by atoms with E-state index in [9.17, 15) is 0 Å². The standard InChI is InChI=1S/C15H24ClNO3/c1-11(2)4-5-19-6-7-20-15-12(10-17)8-13(16)9-14(15)18-3/h8-9,11H,4-7,10,17H2,1-3H3. The Morgan fingerprint density at radius 3 is 2.55 bits per heavy atom. The lowest BCUT2D eigenvalue weighted by molar-refractivity contribution is 0.0913. The van der Waals surface area contributed by atoms with E-state index in [0.29, 0.717) is 42.2 Å². The molecule has 0 aliphatic carbocycles. The molecule has 0 fully saturated rings. The molecule has 1 aromatic rings. The molecule has 1 aromatic carbocycles. The highest BCUT2D eigenvalue weighted by atomic mass is 35.5. The summed E-state index contributed by atoms with van der Waals surface area (Å²) in [6.07, 6.45) is 1.05. The molecule has 0 saturated heterocycles. The van der Waals surface area contributed by atoms with Gasteiger partial charge in [-0.25, -0.2) is 0 Å². The summed E-state index contributed by atoms with van der Waals surface area (Å²) in [7, 11) is 1.58. The lowest BCUT2D eigenvalue weighted by Crippen LogP contribution is -2.11. The van der Waals surface area contributed by atoms with E-state index < -0.39 is 0 Å². The van der Waals surface area contributed by atoms with Crippen molar-refractivity contribution in [1.82, 2.24) is 0 Å². The summed E-state index contributed by atoms with van der Waals surface area (Å²) in [4.78, 5) is 0. The van der Waals surface area contributed by atoms with E-state index in [0.717, 1.165) is 18.6 Å². The third-order valence-electron chi connectivity index (χ3n) is 2.85. The van der Waals surface area contributed by atoms with Crippen LogP contribution in [0.25, 0.3) is 0 Å². The van der Waals surface area contributed by atoms with Crippen LogP contribution in [0, 0.1) is 5.92 Å². The number of methoxy groups -OCH3 is 1. The average Bonchev–Trinajstić information content (AvgIpc) is 2.42. The van der Waals surface area contributed by atoms with Crippen LogP contribution in [-0.4, -0.2) is 26.9 Å². The zero-order valence-corrected chi connectivity index (χ0v) is 13.2. The van der Waals surface area contributed by atoms with Crippen LogP contribution >= 0.6 is 11.6 Å². The predicted molar refractivity (Wildman–Crippen MR) is 81.7 cm³/mol. The van der Waals surface area contributed by atoms with Gasteiger partial charge in [-0.05, 0) is 18.4 Å². The van der Waals surface area contributed by atoms with Crippen LogP contribution in [0.4, 0.5) is 0 Å². The first-order valence-electron chi connectivity index (χ1n) is 6.85. The number of ether oxygens (including phenoxy) is 3. The van der Waals surface area contributed by atoms with Crippen molar-refractivity contribution >= 4 is 11.6 Å². The summed E-state index contributed by atoms with van der Waals surface area (Å²) in [5, 5.41) is 0.586. The van der Waals surface area contributed by atoms with E-state index in [2.05, 4.69) is 13.8 Å². The number of hydrogen-bond donors (Lipinski definition) is 1. The number of halogens is 1. The van der Waals surface area contributed by atoms with Gasteiger partial charge in [0.15, 0.2) is 11.5 Å². The second-order valence-electron chi connectivity index (χ2n) is 4.94. The lowest BCUT2D eigenvalue weighted by atomic mass is 10.1. The van der Waals surface area contributed by atoms with Gasteiger partial charge in [0.1, 0.15) is 6.61 Å². The van der Waals surface area contributed by atoms with E-state index in [1.807, 2.05) is 0 Å². The maximum absolute atomic E-state index is 6.00. The highest BCUT2D eigenvalue weighted by Crippen LogP contribution is 2.34. The number of nitrogens with two attached hydrogens (primary N) is 1. The van der Waals surface area contributed by atoms with Crippen molar-refractivity contribution in [2.45, 2.75) is 26.8 Å². The Hall–Kier alpha value is -0.970. The first kappa shape index (κ1) is 17.1. The molecule has 20 heavy (non-hydrogen) atoms. The van der Waals surface area contributed by atoms with E-state index in [1.165, 1.54) is 0 Å². The second kappa shape index (κ2) is 9.06. The van der Waals surface area contributed by atoms with Gasteiger partial charge in [-0.15, -0.1) is 0 Å². The molecular weight excluding hydrogens is 278 g/mol. The van der Waals surface area contributed by atoms with Crippen LogP contribution < -0.4 is 15.2 Å². The largest absolute Gasteiger partial charge is 0.493 e.